The number of allylic oxidation sites excluding steroid dienone is 1. The van der Waals surface area contributed by atoms with Crippen molar-refractivity contribution in [3.05, 3.63) is 40.3 Å². The maximum Gasteiger partial charge on any atom is 0.236 e. The molecule has 1 unspecified atom stereocenters. The Kier molecular flexibility index (Phi) is 4.39. The van der Waals surface area contributed by atoms with E-state index in [9.17, 15) is 8.42 Å². The quantitative estimate of drug-likeness (QED) is 0.862. The van der Waals surface area contributed by atoms with Crippen molar-refractivity contribution in [2.45, 2.75) is 32.3 Å². The summed E-state index contributed by atoms with van der Waals surface area (Å²) in [7, 11) is -3.42. The van der Waals surface area contributed by atoms with Crippen LogP contribution in [0.4, 0.5) is 0 Å². The van der Waals surface area contributed by atoms with Gasteiger partial charge in [-0.2, -0.15) is 0 Å². The summed E-state index contributed by atoms with van der Waals surface area (Å²) in [6.45, 7) is 1.91. The second-order valence-electron chi connectivity index (χ2n) is 4.84. The first kappa shape index (κ1) is 14.2. The van der Waals surface area contributed by atoms with Gasteiger partial charge in [0, 0.05) is 6.54 Å². The van der Waals surface area contributed by atoms with Gasteiger partial charge in [0.1, 0.15) is 0 Å². The Bertz CT molecular complexity index is 576. The first-order valence-electron chi connectivity index (χ1n) is 6.45. The molecule has 1 aliphatic carbocycles. The van der Waals surface area contributed by atoms with E-state index in [1.165, 1.54) is 5.56 Å². The molecule has 0 fully saturated rings. The first-order valence-corrected chi connectivity index (χ1v) is 7.93. The van der Waals surface area contributed by atoms with Crippen LogP contribution in [0, 0.1) is 0 Å². The number of rotatable bonds is 5. The third-order valence-corrected chi connectivity index (χ3v) is 4.81. The number of hydrogen-bond donors (Lipinski definition) is 2. The van der Waals surface area contributed by atoms with Gasteiger partial charge in [0.25, 0.3) is 0 Å². The zero-order valence-corrected chi connectivity index (χ0v) is 11.8. The predicted molar refractivity (Wildman–Crippen MR) is 76.0 cm³/mol. The SMILES string of the molecule is CC(O)CCNS(=O)(=O)C1=Cc2ccccc2CC1. The summed E-state index contributed by atoms with van der Waals surface area (Å²) in [5.74, 6) is 0. The van der Waals surface area contributed by atoms with Crippen molar-refractivity contribution < 1.29 is 13.5 Å². The lowest BCUT2D eigenvalue weighted by molar-refractivity contribution is 0.186. The van der Waals surface area contributed by atoms with Crippen LogP contribution in [-0.4, -0.2) is 26.2 Å². The highest BCUT2D eigenvalue weighted by Crippen LogP contribution is 2.26. The number of hydrogen-bond acceptors (Lipinski definition) is 3. The molecule has 1 aliphatic rings. The predicted octanol–water partition coefficient (Wildman–Crippen LogP) is 1.66. The standard InChI is InChI=1S/C14H19NO3S/c1-11(16)8-9-15-19(17,18)14-7-6-12-4-2-3-5-13(12)10-14/h2-5,10-11,15-16H,6-9H2,1H3. The second-order valence-corrected chi connectivity index (χ2v) is 6.66. The molecule has 19 heavy (non-hydrogen) atoms. The monoisotopic (exact) mass is 281 g/mol. The van der Waals surface area contributed by atoms with E-state index in [2.05, 4.69) is 4.72 Å². The summed E-state index contributed by atoms with van der Waals surface area (Å²) >= 11 is 0. The van der Waals surface area contributed by atoms with E-state index < -0.39 is 16.1 Å². The van der Waals surface area contributed by atoms with Gasteiger partial charge >= 0.3 is 0 Å². The van der Waals surface area contributed by atoms with E-state index in [0.717, 1.165) is 12.0 Å². The fraction of sp³-hybridized carbons (Fsp3) is 0.429. The van der Waals surface area contributed by atoms with E-state index >= 15 is 0 Å². The molecule has 0 bridgehead atoms. The molecular formula is C14H19NO3S. The van der Waals surface area contributed by atoms with Crippen LogP contribution in [0.1, 0.15) is 30.9 Å². The zero-order chi connectivity index (χ0) is 13.9. The Morgan fingerprint density at radius 3 is 2.79 bits per heavy atom. The number of benzene rings is 1. The largest absolute Gasteiger partial charge is 0.393 e. The molecule has 0 aromatic heterocycles. The van der Waals surface area contributed by atoms with Gasteiger partial charge < -0.3 is 5.11 Å². The number of aryl methyl sites for hydroxylation is 1. The minimum Gasteiger partial charge on any atom is -0.393 e. The fourth-order valence-electron chi connectivity index (χ4n) is 2.11. The number of sulfonamides is 1. The van der Waals surface area contributed by atoms with Crippen molar-refractivity contribution in [3.63, 3.8) is 0 Å². The van der Waals surface area contributed by atoms with E-state index in [-0.39, 0.29) is 6.54 Å². The van der Waals surface area contributed by atoms with Crippen molar-refractivity contribution in [2.24, 2.45) is 0 Å². The van der Waals surface area contributed by atoms with E-state index in [1.807, 2.05) is 24.3 Å². The van der Waals surface area contributed by atoms with E-state index in [0.29, 0.717) is 17.7 Å². The molecule has 0 spiro atoms. The lowest BCUT2D eigenvalue weighted by Crippen LogP contribution is -2.28. The molecule has 0 saturated carbocycles. The maximum atomic E-state index is 12.1. The third-order valence-electron chi connectivity index (χ3n) is 3.21. The Balaban J connectivity index is 2.12. The molecule has 0 saturated heterocycles. The molecule has 0 radical (unpaired) electrons. The second kappa shape index (κ2) is 5.86. The van der Waals surface area contributed by atoms with E-state index in [1.54, 1.807) is 13.0 Å². The number of aliphatic hydroxyl groups excluding tert-OH is 1. The number of fused-ring (bicyclic) bond motifs is 1. The molecule has 4 nitrogen and oxygen atoms in total. The highest BCUT2D eigenvalue weighted by atomic mass is 32.2. The van der Waals surface area contributed by atoms with Gasteiger partial charge in [-0.15, -0.1) is 0 Å². The third kappa shape index (κ3) is 3.65. The molecule has 0 amide bonds. The van der Waals surface area contributed by atoms with Crippen LogP contribution in [0.25, 0.3) is 6.08 Å². The average Bonchev–Trinajstić information content (AvgIpc) is 2.37. The summed E-state index contributed by atoms with van der Waals surface area (Å²) in [5, 5.41) is 9.14. The lowest BCUT2D eigenvalue weighted by Gasteiger charge is -2.17. The summed E-state index contributed by atoms with van der Waals surface area (Å²) < 4.78 is 26.8. The molecule has 2 rings (SSSR count). The van der Waals surface area contributed by atoms with Gasteiger partial charge in [0.2, 0.25) is 10.0 Å². The molecule has 2 N–H and O–H groups in total. The zero-order valence-electron chi connectivity index (χ0n) is 11.0. The minimum absolute atomic E-state index is 0.263. The van der Waals surface area contributed by atoms with Crippen molar-refractivity contribution in [1.82, 2.24) is 4.72 Å². The van der Waals surface area contributed by atoms with Crippen molar-refractivity contribution in [3.8, 4) is 0 Å². The molecule has 1 aromatic carbocycles. The molecule has 1 aromatic rings. The Morgan fingerprint density at radius 2 is 2.05 bits per heavy atom. The topological polar surface area (TPSA) is 66.4 Å². The number of aliphatic hydroxyl groups is 1. The first-order chi connectivity index (χ1) is 8.99. The summed E-state index contributed by atoms with van der Waals surface area (Å²) in [4.78, 5) is 0.428. The van der Waals surface area contributed by atoms with Gasteiger partial charge in [-0.3, -0.25) is 0 Å². The molecular weight excluding hydrogens is 262 g/mol. The Labute approximate surface area is 114 Å². The highest BCUT2D eigenvalue weighted by Gasteiger charge is 2.21. The van der Waals surface area contributed by atoms with Gasteiger partial charge in [-0.05, 0) is 43.4 Å². The highest BCUT2D eigenvalue weighted by molar-refractivity contribution is 7.93. The Hall–Kier alpha value is -1.17. The smallest absolute Gasteiger partial charge is 0.236 e. The van der Waals surface area contributed by atoms with Crippen LogP contribution in [0.2, 0.25) is 0 Å². The van der Waals surface area contributed by atoms with Crippen molar-refractivity contribution >= 4 is 16.1 Å². The fourth-order valence-corrected chi connectivity index (χ4v) is 3.34. The van der Waals surface area contributed by atoms with Gasteiger partial charge in [-0.25, -0.2) is 13.1 Å². The molecule has 0 aliphatic heterocycles. The minimum atomic E-state index is -3.42. The van der Waals surface area contributed by atoms with Crippen molar-refractivity contribution in [1.29, 1.82) is 0 Å². The maximum absolute atomic E-state index is 12.1. The number of nitrogens with one attached hydrogen (secondary N) is 1. The van der Waals surface area contributed by atoms with Crippen LogP contribution < -0.4 is 4.72 Å². The summed E-state index contributed by atoms with van der Waals surface area (Å²) in [6, 6.07) is 7.83. The van der Waals surface area contributed by atoms with Crippen molar-refractivity contribution in [2.75, 3.05) is 6.54 Å². The average molecular weight is 281 g/mol. The van der Waals surface area contributed by atoms with Crippen LogP contribution in [0.15, 0.2) is 29.2 Å². The van der Waals surface area contributed by atoms with Gasteiger partial charge in [-0.1, -0.05) is 24.3 Å². The summed E-state index contributed by atoms with van der Waals surface area (Å²) in [6.07, 6.45) is 2.94. The molecule has 0 heterocycles. The summed E-state index contributed by atoms with van der Waals surface area (Å²) in [5.41, 5.74) is 2.16. The normalized spacial score (nSPS) is 16.6. The van der Waals surface area contributed by atoms with Gasteiger partial charge in [0.05, 0.1) is 11.0 Å². The van der Waals surface area contributed by atoms with Gasteiger partial charge in [0.15, 0.2) is 0 Å². The van der Waals surface area contributed by atoms with E-state index in [4.69, 9.17) is 5.11 Å². The van der Waals surface area contributed by atoms with Crippen LogP contribution in [0.3, 0.4) is 0 Å². The van der Waals surface area contributed by atoms with Crippen LogP contribution >= 0.6 is 0 Å². The molecule has 104 valence electrons. The Morgan fingerprint density at radius 1 is 1.32 bits per heavy atom. The molecule has 5 heteroatoms. The lowest BCUT2D eigenvalue weighted by atomic mass is 9.98. The van der Waals surface area contributed by atoms with Crippen LogP contribution in [0.5, 0.6) is 0 Å². The molecule has 1 atom stereocenters. The van der Waals surface area contributed by atoms with Crippen LogP contribution in [-0.2, 0) is 16.4 Å².